The van der Waals surface area contributed by atoms with Crippen molar-refractivity contribution in [1.82, 2.24) is 5.32 Å². The molecule has 1 N–H and O–H groups in total. The molecule has 1 atom stereocenters. The number of benzene rings is 1. The second kappa shape index (κ2) is 7.10. The molecule has 8 heteroatoms. The highest BCUT2D eigenvalue weighted by Gasteiger charge is 2.29. The largest absolute Gasteiger partial charge is 0.478 e. The third-order valence-corrected chi connectivity index (χ3v) is 4.68. The number of nitrogens with one attached hydrogen (secondary N) is 1. The maximum Gasteiger partial charge on any atom is 0.306 e. The van der Waals surface area contributed by atoms with Crippen molar-refractivity contribution in [3.63, 3.8) is 0 Å². The third kappa shape index (κ3) is 4.29. The van der Waals surface area contributed by atoms with Crippen molar-refractivity contribution < 1.29 is 27.5 Å². The first-order valence-corrected chi connectivity index (χ1v) is 9.16. The Balaban J connectivity index is 2.19. The van der Waals surface area contributed by atoms with Gasteiger partial charge in [0.2, 0.25) is 0 Å². The molecule has 0 bridgehead atoms. The van der Waals surface area contributed by atoms with Gasteiger partial charge < -0.3 is 9.47 Å². The Bertz CT molecular complexity index is 713. The lowest BCUT2D eigenvalue weighted by molar-refractivity contribution is -0.143. The zero-order valence-electron chi connectivity index (χ0n) is 13.0. The quantitative estimate of drug-likeness (QED) is 0.613. The maximum absolute atomic E-state index is 12.2. The van der Waals surface area contributed by atoms with Gasteiger partial charge in [0.05, 0.1) is 13.0 Å². The Morgan fingerprint density at radius 3 is 2.74 bits per heavy atom. The summed E-state index contributed by atoms with van der Waals surface area (Å²) in [7, 11) is -3.39. The van der Waals surface area contributed by atoms with Crippen LogP contribution in [0.15, 0.2) is 18.2 Å². The third-order valence-electron chi connectivity index (χ3n) is 3.40. The first kappa shape index (κ1) is 17.4. The second-order valence-corrected chi connectivity index (χ2v) is 7.31. The van der Waals surface area contributed by atoms with E-state index in [-0.39, 0.29) is 32.0 Å². The van der Waals surface area contributed by atoms with Crippen molar-refractivity contribution in [2.75, 3.05) is 19.6 Å². The summed E-state index contributed by atoms with van der Waals surface area (Å²) in [5.41, 5.74) is 0.745. The van der Waals surface area contributed by atoms with E-state index in [2.05, 4.69) is 5.32 Å². The van der Waals surface area contributed by atoms with Crippen LogP contribution in [0.25, 0.3) is 0 Å². The monoisotopic (exact) mass is 341 g/mol. The molecule has 0 aliphatic carbocycles. The second-order valence-electron chi connectivity index (χ2n) is 5.18. The molecule has 126 valence electrons. The minimum atomic E-state index is -3.39. The van der Waals surface area contributed by atoms with Crippen LogP contribution >= 0.6 is 0 Å². The molecule has 23 heavy (non-hydrogen) atoms. The van der Waals surface area contributed by atoms with E-state index < -0.39 is 21.2 Å². The summed E-state index contributed by atoms with van der Waals surface area (Å²) in [5, 5.41) is 1.84. The van der Waals surface area contributed by atoms with Crippen molar-refractivity contribution in [1.29, 1.82) is 0 Å². The summed E-state index contributed by atoms with van der Waals surface area (Å²) < 4.78 is 33.8. The zero-order chi connectivity index (χ0) is 17.0. The van der Waals surface area contributed by atoms with E-state index in [1.165, 1.54) is 6.07 Å². The number of sulfone groups is 1. The van der Waals surface area contributed by atoms with Gasteiger partial charge in [0.25, 0.3) is 0 Å². The molecular weight excluding hydrogens is 322 g/mol. The highest BCUT2D eigenvalue weighted by atomic mass is 32.2. The molecule has 0 fully saturated rings. The fourth-order valence-electron chi connectivity index (χ4n) is 2.34. The molecule has 0 amide bonds. The summed E-state index contributed by atoms with van der Waals surface area (Å²) in [4.78, 5) is 23.5. The number of ketones is 1. The normalized spacial score (nSPS) is 17.0. The number of carbonyl (C=O) groups excluding carboxylic acids is 2. The van der Waals surface area contributed by atoms with Gasteiger partial charge in [0.15, 0.2) is 15.6 Å². The van der Waals surface area contributed by atoms with Gasteiger partial charge in [0.1, 0.15) is 17.9 Å². The van der Waals surface area contributed by atoms with Crippen LogP contribution in [0.4, 0.5) is 0 Å². The molecule has 1 aromatic carbocycles. The topological polar surface area (TPSA) is 98.8 Å². The van der Waals surface area contributed by atoms with Gasteiger partial charge in [0, 0.05) is 23.8 Å². The van der Waals surface area contributed by atoms with Gasteiger partial charge in [-0.1, -0.05) is 0 Å². The fourth-order valence-corrected chi connectivity index (χ4v) is 3.35. The van der Waals surface area contributed by atoms with Gasteiger partial charge in [-0.25, -0.2) is 8.42 Å². The fraction of sp³-hybridized carbons (Fsp3) is 0.467. The van der Waals surface area contributed by atoms with Crippen LogP contribution in [0.2, 0.25) is 0 Å². The Morgan fingerprint density at radius 2 is 2.09 bits per heavy atom. The Labute approximate surface area is 134 Å². The molecule has 1 aliphatic rings. The van der Waals surface area contributed by atoms with Crippen molar-refractivity contribution in [2.24, 2.45) is 0 Å². The molecule has 0 spiro atoms. The van der Waals surface area contributed by atoms with Crippen molar-refractivity contribution in [2.45, 2.75) is 25.1 Å². The summed E-state index contributed by atoms with van der Waals surface area (Å²) in [5.74, 6) is -0.252. The number of hydrogen-bond donors (Lipinski definition) is 1. The molecule has 7 nitrogen and oxygen atoms in total. The van der Waals surface area contributed by atoms with Crippen molar-refractivity contribution >= 4 is 21.6 Å². The zero-order valence-corrected chi connectivity index (χ0v) is 13.8. The Hall–Kier alpha value is -1.93. The minimum absolute atomic E-state index is 0.00594. The van der Waals surface area contributed by atoms with Crippen molar-refractivity contribution in [3.05, 3.63) is 29.3 Å². The summed E-state index contributed by atoms with van der Waals surface area (Å²) >= 11 is 0. The predicted octanol–water partition coefficient (Wildman–Crippen LogP) is 1.20. The lowest BCUT2D eigenvalue weighted by Crippen LogP contribution is -2.35. The average molecular weight is 341 g/mol. The van der Waals surface area contributed by atoms with E-state index in [1.807, 2.05) is 0 Å². The summed E-state index contributed by atoms with van der Waals surface area (Å²) in [6.45, 7) is 2.05. The first-order chi connectivity index (χ1) is 10.8. The smallest absolute Gasteiger partial charge is 0.306 e. The van der Waals surface area contributed by atoms with Crippen molar-refractivity contribution in [3.8, 4) is 5.75 Å². The molecule has 0 saturated carbocycles. The molecule has 1 unspecified atom stereocenters. The number of rotatable bonds is 6. The van der Waals surface area contributed by atoms with Crippen LogP contribution < -0.4 is 10.1 Å². The van der Waals surface area contributed by atoms with Gasteiger partial charge in [-0.2, -0.15) is 0 Å². The lowest BCUT2D eigenvalue weighted by Gasteiger charge is -2.26. The molecule has 0 aromatic heterocycles. The minimum Gasteiger partial charge on any atom is -0.478 e. The average Bonchev–Trinajstić information content (AvgIpc) is 2.50. The molecule has 1 heterocycles. The van der Waals surface area contributed by atoms with Gasteiger partial charge >= 0.3 is 5.97 Å². The van der Waals surface area contributed by atoms with Crippen LogP contribution in [0, 0.1) is 0 Å². The van der Waals surface area contributed by atoms with E-state index >= 15 is 0 Å². The van der Waals surface area contributed by atoms with Gasteiger partial charge in [-0.15, -0.1) is 0 Å². The SMILES string of the molecule is CCOC(=O)CCC(=O)c1ccc2c(c1)C(S(C)(=O)=O)NCO2. The summed E-state index contributed by atoms with van der Waals surface area (Å²) in [6.07, 6.45) is 1.12. The highest BCUT2D eigenvalue weighted by Crippen LogP contribution is 2.32. The standard InChI is InChI=1S/C15H19NO6S/c1-3-21-14(18)7-5-12(17)10-4-6-13-11(8-10)15(16-9-22-13)23(2,19)20/h4,6,8,15-16H,3,5,7,9H2,1-2H3. The number of esters is 1. The molecule has 0 radical (unpaired) electrons. The number of hydrogen-bond acceptors (Lipinski definition) is 7. The number of fused-ring (bicyclic) bond motifs is 1. The first-order valence-electron chi connectivity index (χ1n) is 7.20. The highest BCUT2D eigenvalue weighted by molar-refractivity contribution is 7.90. The van der Waals surface area contributed by atoms with Crippen LogP contribution in [-0.2, 0) is 19.4 Å². The van der Waals surface area contributed by atoms with Gasteiger partial charge in [-0.05, 0) is 25.1 Å². The van der Waals surface area contributed by atoms with E-state index in [9.17, 15) is 18.0 Å². The number of Topliss-reactive ketones (excluding diaryl/α,β-unsaturated/α-hetero) is 1. The molecular formula is C15H19NO6S. The molecule has 1 aromatic rings. The van der Waals surface area contributed by atoms with E-state index in [1.54, 1.807) is 19.1 Å². The predicted molar refractivity (Wildman–Crippen MR) is 82.9 cm³/mol. The van der Waals surface area contributed by atoms with Gasteiger partial charge in [-0.3, -0.25) is 14.9 Å². The molecule has 1 aliphatic heterocycles. The van der Waals surface area contributed by atoms with Crippen LogP contribution in [-0.4, -0.2) is 39.8 Å². The Morgan fingerprint density at radius 1 is 1.35 bits per heavy atom. The van der Waals surface area contributed by atoms with Crippen LogP contribution in [0.3, 0.4) is 0 Å². The number of carbonyl (C=O) groups is 2. The van der Waals surface area contributed by atoms with Crippen LogP contribution in [0.1, 0.15) is 41.1 Å². The summed E-state index contributed by atoms with van der Waals surface area (Å²) in [6, 6.07) is 4.64. The lowest BCUT2D eigenvalue weighted by atomic mass is 10.0. The van der Waals surface area contributed by atoms with E-state index in [0.717, 1.165) is 6.26 Å². The Kier molecular flexibility index (Phi) is 5.38. The maximum atomic E-state index is 12.2. The van der Waals surface area contributed by atoms with E-state index in [0.29, 0.717) is 16.9 Å². The van der Waals surface area contributed by atoms with Crippen LogP contribution in [0.5, 0.6) is 5.75 Å². The van der Waals surface area contributed by atoms with E-state index in [4.69, 9.17) is 9.47 Å². The molecule has 2 rings (SSSR count). The molecule has 0 saturated heterocycles. The number of ether oxygens (including phenoxy) is 2.